The van der Waals surface area contributed by atoms with E-state index in [1.807, 2.05) is 6.07 Å². The third kappa shape index (κ3) is 3.19. The van der Waals surface area contributed by atoms with Crippen LogP contribution in [0.4, 0.5) is 5.69 Å². The zero-order chi connectivity index (χ0) is 19.8. The Morgan fingerprint density at radius 1 is 1.03 bits per heavy atom. The molecule has 2 aliphatic heterocycles. The van der Waals surface area contributed by atoms with Crippen LogP contribution in [0, 0.1) is 0 Å². The lowest BCUT2D eigenvalue weighted by molar-refractivity contribution is -0.0190. The smallest absolute Gasteiger partial charge is 0.213 e. The lowest BCUT2D eigenvalue weighted by Crippen LogP contribution is -2.33. The maximum absolute atomic E-state index is 6.46. The van der Waals surface area contributed by atoms with Crippen LogP contribution in [-0.2, 0) is 0 Å². The van der Waals surface area contributed by atoms with Crippen LogP contribution in [-0.4, -0.2) is 23.8 Å². The highest BCUT2D eigenvalue weighted by Crippen LogP contribution is 2.47. The molecule has 29 heavy (non-hydrogen) atoms. The molecule has 3 heterocycles. The number of thiophene rings is 1. The molecule has 0 spiro atoms. The van der Waals surface area contributed by atoms with Gasteiger partial charge in [-0.05, 0) is 43.5 Å². The second-order valence-electron chi connectivity index (χ2n) is 7.40. The second kappa shape index (κ2) is 7.56. The van der Waals surface area contributed by atoms with Crippen LogP contribution in [0.5, 0.6) is 5.75 Å². The Morgan fingerprint density at radius 2 is 1.83 bits per heavy atom. The van der Waals surface area contributed by atoms with E-state index in [9.17, 15) is 0 Å². The average Bonchev–Trinajstić information content (AvgIpc) is 3.45. The van der Waals surface area contributed by atoms with Gasteiger partial charge in [0.2, 0.25) is 6.23 Å². The third-order valence-corrected chi connectivity index (χ3v) is 6.73. The highest BCUT2D eigenvalue weighted by Gasteiger charge is 2.40. The van der Waals surface area contributed by atoms with Gasteiger partial charge < -0.3 is 9.64 Å². The Balaban J connectivity index is 1.52. The molecule has 2 aromatic carbocycles. The molecule has 0 amide bonds. The predicted molar refractivity (Wildman–Crippen MR) is 120 cm³/mol. The molecule has 4 nitrogen and oxygen atoms in total. The molecule has 5 rings (SSSR count). The molecule has 5 heteroatoms. The van der Waals surface area contributed by atoms with Gasteiger partial charge in [0.15, 0.2) is 0 Å². The van der Waals surface area contributed by atoms with Gasteiger partial charge >= 0.3 is 0 Å². The minimum Gasteiger partial charge on any atom is -0.464 e. The molecule has 0 bridgehead atoms. The van der Waals surface area contributed by atoms with Gasteiger partial charge in [0.1, 0.15) is 5.75 Å². The zero-order valence-corrected chi connectivity index (χ0v) is 17.6. The van der Waals surface area contributed by atoms with E-state index in [0.29, 0.717) is 0 Å². The van der Waals surface area contributed by atoms with Gasteiger partial charge in [0.05, 0.1) is 16.6 Å². The number of fused-ring (bicyclic) bond motifs is 3. The maximum atomic E-state index is 6.46. The lowest BCUT2D eigenvalue weighted by atomic mass is 9.97. The van der Waals surface area contributed by atoms with Gasteiger partial charge in [0, 0.05) is 36.3 Å². The summed E-state index contributed by atoms with van der Waals surface area (Å²) in [6, 6.07) is 21.6. The monoisotopic (exact) mass is 403 g/mol. The molecule has 0 radical (unpaired) electrons. The molecule has 2 unspecified atom stereocenters. The van der Waals surface area contributed by atoms with Gasteiger partial charge in [-0.3, -0.25) is 0 Å². The van der Waals surface area contributed by atoms with E-state index in [1.165, 1.54) is 16.1 Å². The van der Waals surface area contributed by atoms with Crippen molar-refractivity contribution in [3.63, 3.8) is 0 Å². The molecule has 0 saturated heterocycles. The van der Waals surface area contributed by atoms with Crippen LogP contribution in [0.25, 0.3) is 0 Å². The van der Waals surface area contributed by atoms with E-state index in [4.69, 9.17) is 9.84 Å². The van der Waals surface area contributed by atoms with E-state index in [0.717, 1.165) is 36.5 Å². The summed E-state index contributed by atoms with van der Waals surface area (Å²) in [6.07, 6.45) is 0.702. The van der Waals surface area contributed by atoms with Crippen molar-refractivity contribution in [2.45, 2.75) is 32.5 Å². The highest BCUT2D eigenvalue weighted by atomic mass is 32.1. The number of benzene rings is 2. The number of hydrazone groups is 1. The van der Waals surface area contributed by atoms with E-state index in [1.54, 1.807) is 11.3 Å². The molecule has 1 aromatic heterocycles. The maximum Gasteiger partial charge on any atom is 0.213 e. The second-order valence-corrected chi connectivity index (χ2v) is 8.34. The van der Waals surface area contributed by atoms with Gasteiger partial charge in [0.25, 0.3) is 0 Å². The topological polar surface area (TPSA) is 28.1 Å². The summed E-state index contributed by atoms with van der Waals surface area (Å²) in [4.78, 5) is 3.60. The Labute approximate surface area is 176 Å². The Morgan fingerprint density at radius 3 is 2.55 bits per heavy atom. The Bertz CT molecular complexity index is 1010. The largest absolute Gasteiger partial charge is 0.464 e. The molecule has 0 fully saturated rings. The fourth-order valence-corrected chi connectivity index (χ4v) is 5.01. The average molecular weight is 404 g/mol. The fourth-order valence-electron chi connectivity index (χ4n) is 4.28. The molecular weight excluding hydrogens is 378 g/mol. The van der Waals surface area contributed by atoms with E-state index in [-0.39, 0.29) is 12.3 Å². The highest BCUT2D eigenvalue weighted by molar-refractivity contribution is 7.12. The number of rotatable bonds is 5. The van der Waals surface area contributed by atoms with Crippen molar-refractivity contribution >= 4 is 22.7 Å². The Kier molecular flexibility index (Phi) is 4.76. The number of anilines is 1. The summed E-state index contributed by atoms with van der Waals surface area (Å²) >= 11 is 1.75. The standard InChI is InChI=1S/C24H25N3OS/c1-3-26(4-2)18-13-11-17(12-14-18)24-27-21(19-8-5-6-9-22(19)28-24)16-20(25-27)23-10-7-15-29-23/h5-15,21,24H,3-4,16H2,1-2H3. The normalized spacial score (nSPS) is 19.9. The molecule has 3 aromatic rings. The Hall–Kier alpha value is -2.79. The molecule has 0 aliphatic carbocycles. The molecule has 0 saturated carbocycles. The van der Waals surface area contributed by atoms with E-state index < -0.39 is 0 Å². The number of hydrogen-bond donors (Lipinski definition) is 0. The first-order valence-corrected chi connectivity index (χ1v) is 11.2. The summed E-state index contributed by atoms with van der Waals surface area (Å²) in [5.74, 6) is 0.967. The summed E-state index contributed by atoms with van der Waals surface area (Å²) in [5, 5.41) is 9.29. The number of para-hydroxylation sites is 1. The van der Waals surface area contributed by atoms with Crippen LogP contribution in [0.1, 0.15) is 48.5 Å². The van der Waals surface area contributed by atoms with Gasteiger partial charge in [-0.15, -0.1) is 11.3 Å². The van der Waals surface area contributed by atoms with Crippen molar-refractivity contribution in [3.05, 3.63) is 82.0 Å². The van der Waals surface area contributed by atoms with E-state index >= 15 is 0 Å². The first-order chi connectivity index (χ1) is 14.3. The van der Waals surface area contributed by atoms with Crippen molar-refractivity contribution in [2.75, 3.05) is 18.0 Å². The SMILES string of the molecule is CCN(CC)c1ccc(C2Oc3ccccc3C3CC(c4cccs4)=NN32)cc1. The molecule has 0 N–H and O–H groups in total. The van der Waals surface area contributed by atoms with Crippen molar-refractivity contribution in [3.8, 4) is 5.75 Å². The van der Waals surface area contributed by atoms with Crippen LogP contribution in [0.15, 0.2) is 71.1 Å². The summed E-state index contributed by atoms with van der Waals surface area (Å²) in [7, 11) is 0. The third-order valence-electron chi connectivity index (χ3n) is 5.81. The van der Waals surface area contributed by atoms with Crippen LogP contribution < -0.4 is 9.64 Å². The predicted octanol–water partition coefficient (Wildman–Crippen LogP) is 5.84. The van der Waals surface area contributed by atoms with Crippen molar-refractivity contribution in [2.24, 2.45) is 5.10 Å². The minimum absolute atomic E-state index is 0.210. The zero-order valence-electron chi connectivity index (χ0n) is 16.8. The van der Waals surface area contributed by atoms with Crippen molar-refractivity contribution < 1.29 is 4.74 Å². The number of nitrogens with zero attached hydrogens (tertiary/aromatic N) is 3. The van der Waals surface area contributed by atoms with E-state index in [2.05, 4.69) is 83.7 Å². The van der Waals surface area contributed by atoms with Crippen LogP contribution in [0.2, 0.25) is 0 Å². The minimum atomic E-state index is -0.210. The van der Waals surface area contributed by atoms with Crippen molar-refractivity contribution in [1.29, 1.82) is 0 Å². The lowest BCUT2D eigenvalue weighted by Gasteiger charge is -2.38. The molecule has 2 atom stereocenters. The molecule has 148 valence electrons. The van der Waals surface area contributed by atoms with Crippen molar-refractivity contribution in [1.82, 2.24) is 5.01 Å². The molecule has 2 aliphatic rings. The van der Waals surface area contributed by atoms with Crippen LogP contribution in [0.3, 0.4) is 0 Å². The van der Waals surface area contributed by atoms with Gasteiger partial charge in [-0.2, -0.15) is 5.10 Å². The quantitative estimate of drug-likeness (QED) is 0.536. The van der Waals surface area contributed by atoms with Gasteiger partial charge in [-0.1, -0.05) is 36.4 Å². The molecular formula is C24H25N3OS. The number of hydrogen-bond acceptors (Lipinski definition) is 5. The summed E-state index contributed by atoms with van der Waals surface area (Å²) in [5.41, 5.74) is 4.75. The first-order valence-electron chi connectivity index (χ1n) is 10.3. The number of ether oxygens (including phenoxy) is 1. The van der Waals surface area contributed by atoms with Gasteiger partial charge in [-0.25, -0.2) is 5.01 Å². The summed E-state index contributed by atoms with van der Waals surface area (Å²) < 4.78 is 6.46. The summed E-state index contributed by atoms with van der Waals surface area (Å²) in [6.45, 7) is 6.39. The first kappa shape index (κ1) is 18.3. The van der Waals surface area contributed by atoms with Crippen LogP contribution >= 0.6 is 11.3 Å². The fraction of sp³-hybridized carbons (Fsp3) is 0.292.